The highest BCUT2D eigenvalue weighted by molar-refractivity contribution is 5.75. The van der Waals surface area contributed by atoms with Crippen LogP contribution >= 0.6 is 0 Å². The van der Waals surface area contributed by atoms with Gasteiger partial charge in [0.2, 0.25) is 0 Å². The fourth-order valence-corrected chi connectivity index (χ4v) is 1.10. The second-order valence-electron chi connectivity index (χ2n) is 4.82. The summed E-state index contributed by atoms with van der Waals surface area (Å²) < 4.78 is 5.12. The van der Waals surface area contributed by atoms with Gasteiger partial charge in [-0.25, -0.2) is 4.79 Å². The highest BCUT2D eigenvalue weighted by atomic mass is 16.6. The number of hydrogen-bond donors (Lipinski definition) is 2. The molecule has 0 fully saturated rings. The van der Waals surface area contributed by atoms with E-state index in [0.717, 1.165) is 6.42 Å². The van der Waals surface area contributed by atoms with E-state index < -0.39 is 11.7 Å². The number of alkyl carbamates (subject to hydrolysis) is 1. The summed E-state index contributed by atoms with van der Waals surface area (Å²) in [6, 6.07) is -0.315. The van der Waals surface area contributed by atoms with Gasteiger partial charge in [-0.15, -0.1) is 0 Å². The maximum atomic E-state index is 11.5. The molecule has 0 unspecified atom stereocenters. The van der Waals surface area contributed by atoms with E-state index in [1.807, 2.05) is 13.8 Å². The van der Waals surface area contributed by atoms with Gasteiger partial charge in [-0.3, -0.25) is 0 Å². The molecule has 0 aliphatic heterocycles. The molecule has 0 bridgehead atoms. The van der Waals surface area contributed by atoms with Gasteiger partial charge in [-0.2, -0.15) is 0 Å². The number of oxime groups is 1. The Morgan fingerprint density at radius 3 is 2.50 bits per heavy atom. The average molecular weight is 230 g/mol. The minimum atomic E-state index is -0.527. The highest BCUT2D eigenvalue weighted by Gasteiger charge is 2.21. The molecular weight excluding hydrogens is 208 g/mol. The first kappa shape index (κ1) is 14.7. The van der Waals surface area contributed by atoms with Crippen LogP contribution in [0, 0.1) is 5.92 Å². The topological polar surface area (TPSA) is 70.9 Å². The Bertz CT molecular complexity index is 246. The lowest BCUT2D eigenvalue weighted by Gasteiger charge is -2.24. The zero-order valence-electron chi connectivity index (χ0n) is 10.7. The minimum Gasteiger partial charge on any atom is -0.444 e. The third-order valence-electron chi connectivity index (χ3n) is 2.17. The third-order valence-corrected chi connectivity index (χ3v) is 2.17. The lowest BCUT2D eigenvalue weighted by Crippen LogP contribution is -2.43. The fraction of sp³-hybridized carbons (Fsp3) is 0.818. The molecule has 0 aliphatic carbocycles. The number of carbonyl (C=O) groups excluding carboxylic acids is 1. The zero-order chi connectivity index (χ0) is 12.8. The first-order valence-corrected chi connectivity index (χ1v) is 5.47. The van der Waals surface area contributed by atoms with Crippen molar-refractivity contribution in [2.45, 2.75) is 52.7 Å². The molecule has 0 aromatic heterocycles. The lowest BCUT2D eigenvalue weighted by atomic mass is 10.0. The second-order valence-corrected chi connectivity index (χ2v) is 4.82. The normalized spacial score (nSPS) is 15.8. The predicted molar refractivity (Wildman–Crippen MR) is 62.9 cm³/mol. The maximum Gasteiger partial charge on any atom is 0.408 e. The largest absolute Gasteiger partial charge is 0.444 e. The van der Waals surface area contributed by atoms with Crippen molar-refractivity contribution in [2.24, 2.45) is 11.1 Å². The SMILES string of the molecule is CC[C@H](C)[C@@H](C=NO)NC(=O)OC(C)(C)C. The van der Waals surface area contributed by atoms with Crippen molar-refractivity contribution in [2.75, 3.05) is 0 Å². The smallest absolute Gasteiger partial charge is 0.408 e. The van der Waals surface area contributed by atoms with Crippen molar-refractivity contribution in [3.05, 3.63) is 0 Å². The Labute approximate surface area is 96.9 Å². The Balaban J connectivity index is 4.35. The van der Waals surface area contributed by atoms with Gasteiger partial charge < -0.3 is 15.3 Å². The van der Waals surface area contributed by atoms with Gasteiger partial charge in [-0.05, 0) is 26.7 Å². The molecule has 0 radical (unpaired) electrons. The summed E-state index contributed by atoms with van der Waals surface area (Å²) in [6.45, 7) is 9.35. The van der Waals surface area contributed by atoms with E-state index in [-0.39, 0.29) is 12.0 Å². The van der Waals surface area contributed by atoms with Gasteiger partial charge in [0, 0.05) is 0 Å². The monoisotopic (exact) mass is 230 g/mol. The second kappa shape index (κ2) is 6.35. The zero-order valence-corrected chi connectivity index (χ0v) is 10.7. The van der Waals surface area contributed by atoms with Crippen molar-refractivity contribution in [1.29, 1.82) is 0 Å². The summed E-state index contributed by atoms with van der Waals surface area (Å²) in [6.07, 6.45) is 1.67. The van der Waals surface area contributed by atoms with Crippen LogP contribution in [-0.2, 0) is 4.74 Å². The molecular formula is C11H22N2O3. The van der Waals surface area contributed by atoms with Crippen LogP contribution in [0.5, 0.6) is 0 Å². The molecule has 94 valence electrons. The number of nitrogens with one attached hydrogen (secondary N) is 1. The van der Waals surface area contributed by atoms with E-state index in [9.17, 15) is 4.79 Å². The minimum absolute atomic E-state index is 0.184. The number of amides is 1. The fourth-order valence-electron chi connectivity index (χ4n) is 1.10. The van der Waals surface area contributed by atoms with Crippen molar-refractivity contribution in [3.63, 3.8) is 0 Å². The maximum absolute atomic E-state index is 11.5. The quantitative estimate of drug-likeness (QED) is 0.442. The highest BCUT2D eigenvalue weighted by Crippen LogP contribution is 2.09. The molecule has 0 saturated carbocycles. The van der Waals surface area contributed by atoms with Crippen LogP contribution in [0.1, 0.15) is 41.0 Å². The molecule has 0 spiro atoms. The van der Waals surface area contributed by atoms with Crippen LogP contribution in [-0.4, -0.2) is 29.2 Å². The Hall–Kier alpha value is -1.26. The number of nitrogens with zero attached hydrogens (tertiary/aromatic N) is 1. The van der Waals surface area contributed by atoms with E-state index in [2.05, 4.69) is 10.5 Å². The van der Waals surface area contributed by atoms with E-state index >= 15 is 0 Å². The standard InChI is InChI=1S/C11H22N2O3/c1-6-8(2)9(7-12-15)13-10(14)16-11(3,4)5/h7-9,15H,6H2,1-5H3,(H,13,14)/t8-,9+/m0/s1. The van der Waals surface area contributed by atoms with Crippen molar-refractivity contribution < 1.29 is 14.7 Å². The molecule has 0 saturated heterocycles. The molecule has 0 rings (SSSR count). The van der Waals surface area contributed by atoms with Crippen LogP contribution in [0.4, 0.5) is 4.79 Å². The first-order valence-electron chi connectivity index (χ1n) is 5.47. The molecule has 16 heavy (non-hydrogen) atoms. The number of ether oxygens (including phenoxy) is 1. The van der Waals surface area contributed by atoms with E-state index in [1.54, 1.807) is 20.8 Å². The molecule has 1 amide bonds. The number of hydrogen-bond acceptors (Lipinski definition) is 4. The third kappa shape index (κ3) is 6.27. The Kier molecular flexibility index (Phi) is 5.85. The molecule has 0 aromatic carbocycles. The van der Waals surface area contributed by atoms with Gasteiger partial charge >= 0.3 is 6.09 Å². The van der Waals surface area contributed by atoms with Crippen molar-refractivity contribution >= 4 is 12.3 Å². The Morgan fingerprint density at radius 1 is 1.56 bits per heavy atom. The van der Waals surface area contributed by atoms with Gasteiger partial charge in [0.15, 0.2) is 0 Å². The molecule has 2 N–H and O–H groups in total. The lowest BCUT2D eigenvalue weighted by molar-refractivity contribution is 0.0507. The molecule has 0 aliphatic rings. The van der Waals surface area contributed by atoms with E-state index in [1.165, 1.54) is 6.21 Å². The van der Waals surface area contributed by atoms with Crippen molar-refractivity contribution in [1.82, 2.24) is 5.32 Å². The van der Waals surface area contributed by atoms with Crippen LogP contribution in [0.15, 0.2) is 5.16 Å². The molecule has 5 heteroatoms. The van der Waals surface area contributed by atoms with Gasteiger partial charge in [0.1, 0.15) is 5.60 Å². The van der Waals surface area contributed by atoms with Gasteiger partial charge in [-0.1, -0.05) is 25.4 Å². The predicted octanol–water partition coefficient (Wildman–Crippen LogP) is 2.39. The molecule has 0 aromatic rings. The van der Waals surface area contributed by atoms with Crippen molar-refractivity contribution in [3.8, 4) is 0 Å². The summed E-state index contributed by atoms with van der Waals surface area (Å²) in [5, 5.41) is 14.1. The van der Waals surface area contributed by atoms with Crippen LogP contribution in [0.25, 0.3) is 0 Å². The molecule has 5 nitrogen and oxygen atoms in total. The summed E-state index contributed by atoms with van der Waals surface area (Å²) >= 11 is 0. The number of carbonyl (C=O) groups is 1. The Morgan fingerprint density at radius 2 is 2.12 bits per heavy atom. The van der Waals surface area contributed by atoms with E-state index in [0.29, 0.717) is 0 Å². The summed E-state index contributed by atoms with van der Waals surface area (Å²) in [7, 11) is 0. The van der Waals surface area contributed by atoms with Crippen LogP contribution < -0.4 is 5.32 Å². The van der Waals surface area contributed by atoms with Crippen LogP contribution in [0.2, 0.25) is 0 Å². The number of rotatable bonds is 4. The van der Waals surface area contributed by atoms with Crippen LogP contribution in [0.3, 0.4) is 0 Å². The summed E-state index contributed by atoms with van der Waals surface area (Å²) in [5.41, 5.74) is -0.527. The van der Waals surface area contributed by atoms with Gasteiger partial charge in [0.25, 0.3) is 0 Å². The molecule has 2 atom stereocenters. The summed E-state index contributed by atoms with van der Waals surface area (Å²) in [5.74, 6) is 0.184. The average Bonchev–Trinajstić information content (AvgIpc) is 2.13. The first-order chi connectivity index (χ1) is 7.30. The van der Waals surface area contributed by atoms with E-state index in [4.69, 9.17) is 9.94 Å². The van der Waals surface area contributed by atoms with Gasteiger partial charge in [0.05, 0.1) is 12.3 Å². The molecule has 0 heterocycles. The summed E-state index contributed by atoms with van der Waals surface area (Å²) in [4.78, 5) is 11.5.